The van der Waals surface area contributed by atoms with E-state index < -0.39 is 23.5 Å². The van der Waals surface area contributed by atoms with Crippen molar-refractivity contribution in [1.82, 2.24) is 15.0 Å². The van der Waals surface area contributed by atoms with E-state index >= 15 is 0 Å². The number of halogens is 2. The number of hydrogen-bond donors (Lipinski definition) is 3. The van der Waals surface area contributed by atoms with Crippen molar-refractivity contribution in [2.45, 2.75) is 31.7 Å². The molecule has 3 saturated carbocycles. The minimum atomic E-state index is -0.787. The van der Waals surface area contributed by atoms with Gasteiger partial charge in [0.1, 0.15) is 17.5 Å². The average molecular weight is 551 g/mol. The summed E-state index contributed by atoms with van der Waals surface area (Å²) in [5, 5.41) is 13.9. The van der Waals surface area contributed by atoms with Crippen molar-refractivity contribution in [3.8, 4) is 33.8 Å². The Morgan fingerprint density at radius 1 is 0.854 bits per heavy atom. The van der Waals surface area contributed by atoms with E-state index in [9.17, 15) is 18.7 Å². The fourth-order valence-electron chi connectivity index (χ4n) is 6.78. The number of aliphatic carboxylic acids is 1. The van der Waals surface area contributed by atoms with E-state index in [0.29, 0.717) is 28.3 Å². The Kier molecular flexibility index (Phi) is 6.26. The highest BCUT2D eigenvalue weighted by Gasteiger charge is 2.47. The summed E-state index contributed by atoms with van der Waals surface area (Å²) in [5.41, 5.74) is 4.26. The highest BCUT2D eigenvalue weighted by atomic mass is 19.1. The first-order valence-electron chi connectivity index (χ1n) is 14.0. The maximum Gasteiger partial charge on any atom is 0.308 e. The lowest BCUT2D eigenvalue weighted by molar-refractivity contribution is -0.148. The van der Waals surface area contributed by atoms with Gasteiger partial charge in [-0.1, -0.05) is 54.6 Å². The molecule has 3 aromatic carbocycles. The van der Waals surface area contributed by atoms with Gasteiger partial charge in [-0.3, -0.25) is 4.79 Å². The fraction of sp³-hybridized carbons (Fsp3) is 0.242. The number of fused-ring (bicyclic) bond motifs is 4. The van der Waals surface area contributed by atoms with Crippen LogP contribution in [0.3, 0.4) is 0 Å². The van der Waals surface area contributed by atoms with E-state index in [1.54, 1.807) is 6.20 Å². The van der Waals surface area contributed by atoms with Gasteiger partial charge in [-0.2, -0.15) is 0 Å². The van der Waals surface area contributed by atoms with Crippen molar-refractivity contribution >= 4 is 22.7 Å². The molecule has 0 spiro atoms. The van der Waals surface area contributed by atoms with Gasteiger partial charge in [0.05, 0.1) is 17.1 Å². The average Bonchev–Trinajstić information content (AvgIpc) is 3.42. The van der Waals surface area contributed by atoms with Crippen LogP contribution in [0.15, 0.2) is 79.0 Å². The summed E-state index contributed by atoms with van der Waals surface area (Å²) in [6.07, 6.45) is 5.41. The fourth-order valence-corrected chi connectivity index (χ4v) is 6.78. The third kappa shape index (κ3) is 4.63. The first kappa shape index (κ1) is 25.4. The molecular formula is C33H28F2N4O2. The number of anilines is 1. The number of carboxylic acid groups (broad SMARTS) is 1. The predicted molar refractivity (Wildman–Crippen MR) is 154 cm³/mol. The lowest BCUT2D eigenvalue weighted by Crippen LogP contribution is -2.51. The molecule has 41 heavy (non-hydrogen) atoms. The van der Waals surface area contributed by atoms with E-state index in [4.69, 9.17) is 9.97 Å². The summed E-state index contributed by atoms with van der Waals surface area (Å²) in [6, 6.07) is 21.8. The van der Waals surface area contributed by atoms with Crippen LogP contribution in [-0.4, -0.2) is 32.1 Å². The van der Waals surface area contributed by atoms with Crippen LogP contribution in [0, 0.1) is 29.4 Å². The summed E-state index contributed by atoms with van der Waals surface area (Å²) >= 11 is 0. The Labute approximate surface area is 235 Å². The highest BCUT2D eigenvalue weighted by molar-refractivity contribution is 5.94. The van der Waals surface area contributed by atoms with Crippen LogP contribution >= 0.6 is 0 Å². The van der Waals surface area contributed by atoms with Gasteiger partial charge >= 0.3 is 5.97 Å². The monoisotopic (exact) mass is 550 g/mol. The SMILES string of the molecule is O=C(O)C1C2CCC(CC2)C1Nc1cc(-c2ccc(-c3ccccc3)cc2)nc(-c2c[nH]c3c(F)cc(F)cc23)n1. The Bertz CT molecular complexity index is 1750. The predicted octanol–water partition coefficient (Wildman–Crippen LogP) is 7.54. The minimum absolute atomic E-state index is 0.140. The zero-order chi connectivity index (χ0) is 28.1. The lowest BCUT2D eigenvalue weighted by Gasteiger charge is -2.47. The molecule has 3 fully saturated rings. The van der Waals surface area contributed by atoms with Gasteiger partial charge in [-0.05, 0) is 54.7 Å². The van der Waals surface area contributed by atoms with Crippen molar-refractivity contribution in [1.29, 1.82) is 0 Å². The topological polar surface area (TPSA) is 90.9 Å². The third-order valence-corrected chi connectivity index (χ3v) is 8.78. The molecular weight excluding hydrogens is 522 g/mol. The molecule has 0 amide bonds. The number of carboxylic acids is 1. The number of hydrogen-bond acceptors (Lipinski definition) is 4. The molecule has 2 atom stereocenters. The molecule has 2 heterocycles. The molecule has 5 aromatic rings. The second-order valence-electron chi connectivity index (χ2n) is 11.1. The van der Waals surface area contributed by atoms with E-state index in [1.165, 1.54) is 6.07 Å². The summed E-state index contributed by atoms with van der Waals surface area (Å²) in [5.74, 6) is -1.50. The Hall–Kier alpha value is -4.59. The highest BCUT2D eigenvalue weighted by Crippen LogP contribution is 2.46. The van der Waals surface area contributed by atoms with Crippen molar-refractivity contribution < 1.29 is 18.7 Å². The van der Waals surface area contributed by atoms with Crippen LogP contribution in [0.4, 0.5) is 14.6 Å². The van der Waals surface area contributed by atoms with Crippen LogP contribution in [0.25, 0.3) is 44.7 Å². The van der Waals surface area contributed by atoms with Crippen LogP contribution in [0.2, 0.25) is 0 Å². The van der Waals surface area contributed by atoms with Crippen molar-refractivity contribution in [3.05, 3.63) is 90.6 Å². The maximum absolute atomic E-state index is 14.5. The summed E-state index contributed by atoms with van der Waals surface area (Å²) in [4.78, 5) is 24.8. The smallest absolute Gasteiger partial charge is 0.308 e. The summed E-state index contributed by atoms with van der Waals surface area (Å²) in [7, 11) is 0. The Balaban J connectivity index is 1.33. The number of aromatic nitrogens is 3. The molecule has 0 aliphatic heterocycles. The number of nitrogens with zero attached hydrogens (tertiary/aromatic N) is 2. The quantitative estimate of drug-likeness (QED) is 0.203. The number of carbonyl (C=O) groups is 1. The standard InChI is InChI=1S/C33H28F2N4O2/c34-23-14-24-25(17-36-31(24)26(35)15-23)32-37-27(20-8-6-19(7-9-20)18-4-2-1-3-5-18)16-28(39-32)38-30-22-12-10-21(11-13-22)29(30)33(40)41/h1-9,14-17,21-22,29-30,36H,10-13H2,(H,40,41)(H,37,38,39). The zero-order valence-electron chi connectivity index (χ0n) is 22.1. The van der Waals surface area contributed by atoms with E-state index in [1.807, 2.05) is 60.7 Å². The number of aromatic amines is 1. The molecule has 3 N–H and O–H groups in total. The normalized spacial score (nSPS) is 21.7. The largest absolute Gasteiger partial charge is 0.481 e. The summed E-state index contributed by atoms with van der Waals surface area (Å²) in [6.45, 7) is 0. The van der Waals surface area contributed by atoms with Crippen molar-refractivity contribution in [3.63, 3.8) is 0 Å². The molecule has 2 unspecified atom stereocenters. The van der Waals surface area contributed by atoms with Gasteiger partial charge in [-0.25, -0.2) is 18.7 Å². The van der Waals surface area contributed by atoms with E-state index in [-0.39, 0.29) is 23.4 Å². The second kappa shape index (κ2) is 10.1. The molecule has 2 bridgehead atoms. The Morgan fingerprint density at radius 3 is 2.27 bits per heavy atom. The maximum atomic E-state index is 14.5. The Morgan fingerprint density at radius 2 is 1.54 bits per heavy atom. The number of rotatable bonds is 6. The zero-order valence-corrected chi connectivity index (χ0v) is 22.1. The molecule has 6 nitrogen and oxygen atoms in total. The van der Waals surface area contributed by atoms with Crippen LogP contribution < -0.4 is 5.32 Å². The molecule has 2 aromatic heterocycles. The first-order valence-corrected chi connectivity index (χ1v) is 14.0. The second-order valence-corrected chi connectivity index (χ2v) is 11.1. The molecule has 3 aliphatic carbocycles. The molecule has 0 saturated heterocycles. The van der Waals surface area contributed by atoms with Gasteiger partial charge in [0, 0.05) is 40.9 Å². The van der Waals surface area contributed by atoms with Gasteiger partial charge in [0.15, 0.2) is 5.82 Å². The molecule has 8 heteroatoms. The van der Waals surface area contributed by atoms with Gasteiger partial charge in [0.25, 0.3) is 0 Å². The molecule has 8 rings (SSSR count). The van der Waals surface area contributed by atoms with Gasteiger partial charge < -0.3 is 15.4 Å². The lowest BCUT2D eigenvalue weighted by atomic mass is 9.61. The molecule has 3 aliphatic rings. The van der Waals surface area contributed by atoms with Crippen molar-refractivity contribution in [2.75, 3.05) is 5.32 Å². The van der Waals surface area contributed by atoms with Gasteiger partial charge in [0.2, 0.25) is 0 Å². The number of benzene rings is 3. The van der Waals surface area contributed by atoms with Crippen molar-refractivity contribution in [2.24, 2.45) is 17.8 Å². The first-order chi connectivity index (χ1) is 19.9. The van der Waals surface area contributed by atoms with Crippen LogP contribution in [0.5, 0.6) is 0 Å². The van der Waals surface area contributed by atoms with Crippen LogP contribution in [0.1, 0.15) is 25.7 Å². The van der Waals surface area contributed by atoms with E-state index in [2.05, 4.69) is 10.3 Å². The summed E-state index contributed by atoms with van der Waals surface area (Å²) < 4.78 is 28.7. The molecule has 0 radical (unpaired) electrons. The minimum Gasteiger partial charge on any atom is -0.481 e. The third-order valence-electron chi connectivity index (χ3n) is 8.78. The van der Waals surface area contributed by atoms with Crippen LogP contribution in [-0.2, 0) is 4.79 Å². The van der Waals surface area contributed by atoms with Gasteiger partial charge in [-0.15, -0.1) is 0 Å². The number of H-pyrrole nitrogens is 1. The number of nitrogens with one attached hydrogen (secondary N) is 2. The van der Waals surface area contributed by atoms with E-state index in [0.717, 1.165) is 48.4 Å². The molecule has 206 valence electrons.